The molecule has 2 atom stereocenters. The van der Waals surface area contributed by atoms with Crippen LogP contribution in [-0.2, 0) is 9.53 Å². The molecule has 0 saturated carbocycles. The molecule has 0 fully saturated rings. The fraction of sp³-hybridized carbons (Fsp3) is 0.353. The van der Waals surface area contributed by atoms with Gasteiger partial charge in [-0.2, -0.15) is 0 Å². The number of imidazole rings is 2. The number of thioether (sulfide) groups is 1. The van der Waals surface area contributed by atoms with Crippen molar-refractivity contribution in [3.05, 3.63) is 36.0 Å². The third kappa shape index (κ3) is 3.46. The third-order valence-corrected chi connectivity index (χ3v) is 5.04. The van der Waals surface area contributed by atoms with Gasteiger partial charge in [-0.3, -0.25) is 9.20 Å². The largest absolute Gasteiger partial charge is 0.448 e. The van der Waals surface area contributed by atoms with Gasteiger partial charge in [-0.15, -0.1) is 0 Å². The minimum Gasteiger partial charge on any atom is -0.448 e. The topological polar surface area (TPSA) is 97.0 Å². The molecule has 3 rings (SSSR count). The fourth-order valence-corrected chi connectivity index (χ4v) is 3.56. The normalized spacial score (nSPS) is 13.9. The Hall–Kier alpha value is -2.16. The number of hydrogen-bond donors (Lipinski definition) is 2. The number of esters is 1. The number of carbonyl (C=O) groups is 1. The average molecular weight is 361 g/mol. The van der Waals surface area contributed by atoms with E-state index in [9.17, 15) is 15.0 Å². The molecule has 2 N–H and O–H groups in total. The minimum absolute atomic E-state index is 0.187. The monoisotopic (exact) mass is 361 g/mol. The van der Waals surface area contributed by atoms with E-state index in [1.165, 1.54) is 0 Å². The van der Waals surface area contributed by atoms with E-state index < -0.39 is 24.1 Å². The van der Waals surface area contributed by atoms with Gasteiger partial charge in [0.2, 0.25) is 5.78 Å². The Morgan fingerprint density at radius 3 is 2.80 bits per heavy atom. The van der Waals surface area contributed by atoms with Gasteiger partial charge in [0, 0.05) is 6.42 Å². The van der Waals surface area contributed by atoms with Crippen LogP contribution in [-0.4, -0.2) is 48.7 Å². The van der Waals surface area contributed by atoms with Crippen molar-refractivity contribution in [1.29, 1.82) is 0 Å². The highest BCUT2D eigenvalue weighted by atomic mass is 32.2. The lowest BCUT2D eigenvalue weighted by Crippen LogP contribution is -2.31. The van der Waals surface area contributed by atoms with Crippen LogP contribution >= 0.6 is 11.8 Å². The summed E-state index contributed by atoms with van der Waals surface area (Å²) in [5.74, 6) is 0.0977. The second kappa shape index (κ2) is 7.38. The zero-order chi connectivity index (χ0) is 18.0. The van der Waals surface area contributed by atoms with Gasteiger partial charge >= 0.3 is 5.97 Å². The molecule has 25 heavy (non-hydrogen) atoms. The van der Waals surface area contributed by atoms with Gasteiger partial charge in [0.1, 0.15) is 11.1 Å². The number of aliphatic hydroxyl groups excluding tert-OH is 2. The molecule has 7 nitrogen and oxygen atoms in total. The molecule has 2 aromatic heterocycles. The van der Waals surface area contributed by atoms with Crippen LogP contribution < -0.4 is 0 Å². The molecule has 0 amide bonds. The van der Waals surface area contributed by atoms with Crippen molar-refractivity contribution in [3.63, 3.8) is 0 Å². The molecule has 0 aliphatic heterocycles. The summed E-state index contributed by atoms with van der Waals surface area (Å²) >= 11 is 1.15. The van der Waals surface area contributed by atoms with Gasteiger partial charge in [0.05, 0.1) is 23.3 Å². The van der Waals surface area contributed by atoms with E-state index in [2.05, 4.69) is 9.97 Å². The van der Waals surface area contributed by atoms with Gasteiger partial charge in [-0.1, -0.05) is 36.9 Å². The Kier molecular flexibility index (Phi) is 5.22. The first kappa shape index (κ1) is 17.7. The molecule has 0 spiro atoms. The molecule has 0 aliphatic carbocycles. The summed E-state index contributed by atoms with van der Waals surface area (Å²) in [5.41, 5.74) is 1.43. The highest BCUT2D eigenvalue weighted by molar-refractivity contribution is 7.99. The van der Waals surface area contributed by atoms with Crippen LogP contribution in [0.2, 0.25) is 0 Å². The van der Waals surface area contributed by atoms with Gasteiger partial charge in [-0.25, -0.2) is 9.97 Å². The van der Waals surface area contributed by atoms with E-state index >= 15 is 0 Å². The molecule has 0 bridgehead atoms. The highest BCUT2D eigenvalue weighted by Gasteiger charge is 2.27. The Labute approximate surface area is 148 Å². The fourth-order valence-electron chi connectivity index (χ4n) is 2.44. The number of nitrogens with zero attached hydrogens (tertiary/aromatic N) is 3. The first-order valence-corrected chi connectivity index (χ1v) is 8.82. The van der Waals surface area contributed by atoms with Crippen LogP contribution in [0.5, 0.6) is 0 Å². The first-order valence-electron chi connectivity index (χ1n) is 7.94. The van der Waals surface area contributed by atoms with Gasteiger partial charge in [0.15, 0.2) is 5.44 Å². The third-order valence-electron chi connectivity index (χ3n) is 3.70. The summed E-state index contributed by atoms with van der Waals surface area (Å²) < 4.78 is 7.16. The van der Waals surface area contributed by atoms with Gasteiger partial charge < -0.3 is 14.9 Å². The molecule has 2 unspecified atom stereocenters. The number of hydrogen-bond acceptors (Lipinski definition) is 7. The van der Waals surface area contributed by atoms with Crippen molar-refractivity contribution in [2.45, 2.75) is 36.8 Å². The van der Waals surface area contributed by atoms with Crippen LogP contribution in [0.15, 0.2) is 35.4 Å². The van der Waals surface area contributed by atoms with Crippen molar-refractivity contribution < 1.29 is 19.7 Å². The summed E-state index contributed by atoms with van der Waals surface area (Å²) in [4.78, 5) is 20.6. The van der Waals surface area contributed by atoms with Crippen molar-refractivity contribution in [1.82, 2.24) is 14.4 Å². The van der Waals surface area contributed by atoms with Crippen LogP contribution in [0.4, 0.5) is 0 Å². The first-order chi connectivity index (χ1) is 12.0. The number of fused-ring (bicyclic) bond motifs is 3. The molecule has 0 radical (unpaired) electrons. The number of aliphatic hydroxyl groups is 2. The predicted molar refractivity (Wildman–Crippen MR) is 94.4 cm³/mol. The lowest BCUT2D eigenvalue weighted by molar-refractivity contribution is -0.149. The van der Waals surface area contributed by atoms with E-state index in [-0.39, 0.29) is 6.42 Å². The predicted octanol–water partition coefficient (Wildman–Crippen LogP) is 1.92. The summed E-state index contributed by atoms with van der Waals surface area (Å²) in [7, 11) is 0. The van der Waals surface area contributed by atoms with Crippen LogP contribution in [0, 0.1) is 6.92 Å². The minimum atomic E-state index is -1.20. The lowest BCUT2D eigenvalue weighted by Gasteiger charge is -2.21. The summed E-state index contributed by atoms with van der Waals surface area (Å²) in [6.07, 6.45) is -1.01. The van der Waals surface area contributed by atoms with Crippen molar-refractivity contribution in [3.8, 4) is 0 Å². The standard InChI is InChI=1S/C17H19N3O4S/c1-3-14(23)24-16(13(22)9-21)25-15-10(2)18-17-19-11-7-5-4-6-8-12(11)20(15)17/h4-8,13,16,21-22H,3,9H2,1-2H3. The molecule has 132 valence electrons. The molecule has 0 aliphatic rings. The van der Waals surface area contributed by atoms with E-state index in [1.807, 2.05) is 41.7 Å². The van der Waals surface area contributed by atoms with E-state index in [0.29, 0.717) is 16.5 Å². The highest BCUT2D eigenvalue weighted by Crippen LogP contribution is 2.32. The Morgan fingerprint density at radius 1 is 1.32 bits per heavy atom. The van der Waals surface area contributed by atoms with Crippen molar-refractivity contribution in [2.24, 2.45) is 0 Å². The summed E-state index contributed by atoms with van der Waals surface area (Å²) in [5, 5.41) is 20.0. The lowest BCUT2D eigenvalue weighted by atomic mass is 10.4. The smallest absolute Gasteiger partial charge is 0.306 e. The molecular weight excluding hydrogens is 342 g/mol. The van der Waals surface area contributed by atoms with Crippen molar-refractivity contribution >= 4 is 34.5 Å². The Balaban J connectivity index is 2.07. The van der Waals surface area contributed by atoms with E-state index in [4.69, 9.17) is 4.74 Å². The van der Waals surface area contributed by atoms with E-state index in [1.54, 1.807) is 6.92 Å². The number of aryl methyl sites for hydroxylation is 1. The number of aromatic nitrogens is 3. The maximum atomic E-state index is 11.7. The maximum absolute atomic E-state index is 11.7. The molecule has 0 saturated heterocycles. The average Bonchev–Trinajstić information content (AvgIpc) is 2.98. The van der Waals surface area contributed by atoms with E-state index in [0.717, 1.165) is 22.8 Å². The molecule has 8 heteroatoms. The Morgan fingerprint density at radius 2 is 2.08 bits per heavy atom. The number of rotatable bonds is 6. The van der Waals surface area contributed by atoms with Crippen molar-refractivity contribution in [2.75, 3.05) is 6.61 Å². The summed E-state index contributed by atoms with van der Waals surface area (Å²) in [6, 6.07) is 9.53. The molecule has 1 aromatic carbocycles. The van der Waals surface area contributed by atoms with Crippen LogP contribution in [0.1, 0.15) is 19.0 Å². The SMILES string of the molecule is CCC(=O)OC(Sc1c(C)nc2nc3cccccc3n12)C(O)CO. The maximum Gasteiger partial charge on any atom is 0.306 e. The van der Waals surface area contributed by atoms with Gasteiger partial charge in [0.25, 0.3) is 0 Å². The second-order valence-corrected chi connectivity index (χ2v) is 6.60. The number of ether oxygens (including phenoxy) is 1. The van der Waals surface area contributed by atoms with Crippen LogP contribution in [0.3, 0.4) is 0 Å². The second-order valence-electron chi connectivity index (χ2n) is 5.51. The van der Waals surface area contributed by atoms with Crippen LogP contribution in [0.25, 0.3) is 16.8 Å². The summed E-state index contributed by atoms with van der Waals surface area (Å²) in [6.45, 7) is 2.99. The number of carbonyl (C=O) groups excluding carboxylic acids is 1. The zero-order valence-electron chi connectivity index (χ0n) is 13.9. The zero-order valence-corrected chi connectivity index (χ0v) is 14.7. The quantitative estimate of drug-likeness (QED) is 0.393. The molecule has 2 heterocycles. The van der Waals surface area contributed by atoms with Gasteiger partial charge in [-0.05, 0) is 19.1 Å². The molecular formula is C17H19N3O4S. The Bertz CT molecular complexity index is 911. The molecule has 3 aromatic rings.